The maximum absolute atomic E-state index is 13.9. The van der Waals surface area contributed by atoms with Gasteiger partial charge in [0.25, 0.3) is 5.56 Å². The van der Waals surface area contributed by atoms with E-state index >= 15 is 0 Å². The number of nitrogens with zero attached hydrogens (tertiary/aromatic N) is 5. The van der Waals surface area contributed by atoms with Gasteiger partial charge in [-0.05, 0) is 67.8 Å². The van der Waals surface area contributed by atoms with Crippen molar-refractivity contribution in [2.45, 2.75) is 25.7 Å². The highest BCUT2D eigenvalue weighted by molar-refractivity contribution is 5.88. The summed E-state index contributed by atoms with van der Waals surface area (Å²) in [4.78, 5) is 23.3. The molecular weight excluding hydrogens is 412 g/mol. The molecular formula is C26H24N6O. The van der Waals surface area contributed by atoms with E-state index in [-0.39, 0.29) is 5.56 Å². The Morgan fingerprint density at radius 1 is 1.06 bits per heavy atom. The molecule has 0 atom stereocenters. The van der Waals surface area contributed by atoms with Crippen LogP contribution in [-0.4, -0.2) is 30.9 Å². The SMILES string of the molecule is CCNc1ccc2cc(-c3ccc4nn(C)cc4c3)c(=O)n(-c3ccc(C4CC4)nc3)c2n1. The molecule has 1 aliphatic rings. The molecule has 6 rings (SSSR count). The summed E-state index contributed by atoms with van der Waals surface area (Å²) < 4.78 is 3.47. The van der Waals surface area contributed by atoms with Crippen LogP contribution in [0, 0.1) is 0 Å². The fourth-order valence-corrected chi connectivity index (χ4v) is 4.38. The number of pyridine rings is 3. The standard InChI is InChI=1S/C26H24N6O/c1-3-27-24-11-7-18-13-21(17-6-9-23-19(12-17)15-31(2)30-23)26(33)32(25(18)29-24)20-8-10-22(28-14-20)16-4-5-16/h6-16H,3-5H2,1-2H3,(H,27,29). The minimum atomic E-state index is -0.118. The first kappa shape index (κ1) is 19.7. The van der Waals surface area contributed by atoms with Gasteiger partial charge in [-0.15, -0.1) is 0 Å². The fraction of sp³-hybridized carbons (Fsp3) is 0.231. The van der Waals surface area contributed by atoms with Gasteiger partial charge < -0.3 is 5.32 Å². The summed E-state index contributed by atoms with van der Waals surface area (Å²) in [6.07, 6.45) is 6.14. The number of fused-ring (bicyclic) bond motifs is 2. The molecule has 0 bridgehead atoms. The number of aromatic nitrogens is 5. The molecule has 1 saturated carbocycles. The molecule has 0 aliphatic heterocycles. The highest BCUT2D eigenvalue weighted by Crippen LogP contribution is 2.39. The Bertz CT molecular complexity index is 1560. The van der Waals surface area contributed by atoms with E-state index in [1.165, 1.54) is 12.8 Å². The van der Waals surface area contributed by atoms with Crippen LogP contribution in [0.15, 0.2) is 65.7 Å². The molecule has 4 heterocycles. The molecule has 164 valence electrons. The monoisotopic (exact) mass is 436 g/mol. The molecule has 5 aromatic rings. The van der Waals surface area contributed by atoms with Gasteiger partial charge in [-0.2, -0.15) is 5.10 Å². The predicted molar refractivity (Wildman–Crippen MR) is 131 cm³/mol. The van der Waals surface area contributed by atoms with Gasteiger partial charge in [0, 0.05) is 47.7 Å². The number of hydrogen-bond donors (Lipinski definition) is 1. The number of aryl methyl sites for hydroxylation is 1. The smallest absolute Gasteiger partial charge is 0.264 e. The second kappa shape index (κ2) is 7.55. The number of rotatable bonds is 5. The van der Waals surface area contributed by atoms with E-state index in [4.69, 9.17) is 4.98 Å². The van der Waals surface area contributed by atoms with Gasteiger partial charge in [0.15, 0.2) is 0 Å². The Morgan fingerprint density at radius 2 is 1.94 bits per heavy atom. The third-order valence-corrected chi connectivity index (χ3v) is 6.16. The Labute approximate surface area is 190 Å². The second-order valence-corrected chi connectivity index (χ2v) is 8.63. The fourth-order valence-electron chi connectivity index (χ4n) is 4.38. The van der Waals surface area contributed by atoms with Gasteiger partial charge in [-0.1, -0.05) is 6.07 Å². The Hall–Kier alpha value is -4.00. The molecule has 7 heteroatoms. The molecule has 0 spiro atoms. The van der Waals surface area contributed by atoms with Gasteiger partial charge in [0.1, 0.15) is 11.5 Å². The minimum Gasteiger partial charge on any atom is -0.370 e. The average molecular weight is 437 g/mol. The maximum atomic E-state index is 13.9. The zero-order valence-electron chi connectivity index (χ0n) is 18.6. The summed E-state index contributed by atoms with van der Waals surface area (Å²) in [5.41, 5.74) is 4.69. The molecule has 0 saturated heterocycles. The molecule has 4 aromatic heterocycles. The Morgan fingerprint density at radius 3 is 2.70 bits per heavy atom. The molecule has 1 aliphatic carbocycles. The van der Waals surface area contributed by atoms with E-state index in [1.54, 1.807) is 15.4 Å². The Kier molecular flexibility index (Phi) is 4.50. The van der Waals surface area contributed by atoms with Crippen molar-refractivity contribution in [3.8, 4) is 16.8 Å². The summed E-state index contributed by atoms with van der Waals surface area (Å²) in [7, 11) is 1.90. The molecule has 1 fully saturated rings. The van der Waals surface area contributed by atoms with Crippen LogP contribution in [0.4, 0.5) is 5.82 Å². The van der Waals surface area contributed by atoms with Gasteiger partial charge in [0.05, 0.1) is 17.4 Å². The van der Waals surface area contributed by atoms with Crippen molar-refractivity contribution in [1.82, 2.24) is 24.3 Å². The van der Waals surface area contributed by atoms with E-state index in [0.29, 0.717) is 17.1 Å². The van der Waals surface area contributed by atoms with Crippen molar-refractivity contribution >= 4 is 27.8 Å². The van der Waals surface area contributed by atoms with Crippen molar-refractivity contribution in [3.63, 3.8) is 0 Å². The van der Waals surface area contributed by atoms with Crippen molar-refractivity contribution in [3.05, 3.63) is 77.0 Å². The quantitative estimate of drug-likeness (QED) is 0.434. The van der Waals surface area contributed by atoms with Crippen LogP contribution in [0.5, 0.6) is 0 Å². The van der Waals surface area contributed by atoms with Crippen LogP contribution >= 0.6 is 0 Å². The zero-order chi connectivity index (χ0) is 22.5. The second-order valence-electron chi connectivity index (χ2n) is 8.63. The van der Waals surface area contributed by atoms with Crippen LogP contribution < -0.4 is 10.9 Å². The van der Waals surface area contributed by atoms with Crippen molar-refractivity contribution in [2.24, 2.45) is 7.05 Å². The van der Waals surface area contributed by atoms with Crippen LogP contribution in [-0.2, 0) is 7.05 Å². The summed E-state index contributed by atoms with van der Waals surface area (Å²) in [6, 6.07) is 15.8. The first-order valence-corrected chi connectivity index (χ1v) is 11.3. The number of nitrogens with one attached hydrogen (secondary N) is 1. The van der Waals surface area contributed by atoms with E-state index < -0.39 is 0 Å². The third kappa shape index (κ3) is 3.46. The molecule has 0 radical (unpaired) electrons. The van der Waals surface area contributed by atoms with Crippen molar-refractivity contribution in [2.75, 3.05) is 11.9 Å². The normalized spacial score (nSPS) is 13.6. The summed E-state index contributed by atoms with van der Waals surface area (Å²) in [5, 5.41) is 9.59. The molecule has 33 heavy (non-hydrogen) atoms. The minimum absolute atomic E-state index is 0.118. The molecule has 7 nitrogen and oxygen atoms in total. The van der Waals surface area contributed by atoms with E-state index in [1.807, 2.05) is 68.7 Å². The van der Waals surface area contributed by atoms with Crippen LogP contribution in [0.1, 0.15) is 31.4 Å². The molecule has 1 aromatic carbocycles. The van der Waals surface area contributed by atoms with Crippen LogP contribution in [0.2, 0.25) is 0 Å². The third-order valence-electron chi connectivity index (χ3n) is 6.16. The Balaban J connectivity index is 1.59. The van der Waals surface area contributed by atoms with Crippen LogP contribution in [0.25, 0.3) is 38.8 Å². The lowest BCUT2D eigenvalue weighted by Crippen LogP contribution is -2.22. The summed E-state index contributed by atoms with van der Waals surface area (Å²) >= 11 is 0. The van der Waals surface area contributed by atoms with E-state index in [2.05, 4.69) is 15.4 Å². The number of anilines is 1. The molecule has 1 N–H and O–H groups in total. The summed E-state index contributed by atoms with van der Waals surface area (Å²) in [5.74, 6) is 1.30. The largest absolute Gasteiger partial charge is 0.370 e. The zero-order valence-corrected chi connectivity index (χ0v) is 18.6. The lowest BCUT2D eigenvalue weighted by Gasteiger charge is -2.14. The predicted octanol–water partition coefficient (Wildman–Crippen LogP) is 4.64. The lowest BCUT2D eigenvalue weighted by atomic mass is 10.0. The van der Waals surface area contributed by atoms with Crippen molar-refractivity contribution in [1.29, 1.82) is 0 Å². The van der Waals surface area contributed by atoms with E-state index in [0.717, 1.165) is 45.6 Å². The summed E-state index contributed by atoms with van der Waals surface area (Å²) in [6.45, 7) is 2.78. The van der Waals surface area contributed by atoms with E-state index in [9.17, 15) is 4.79 Å². The first-order valence-electron chi connectivity index (χ1n) is 11.3. The van der Waals surface area contributed by atoms with Crippen molar-refractivity contribution < 1.29 is 0 Å². The topological polar surface area (TPSA) is 77.6 Å². The lowest BCUT2D eigenvalue weighted by molar-refractivity contribution is 0.780. The molecule has 0 amide bonds. The molecule has 0 unspecified atom stereocenters. The van der Waals surface area contributed by atoms with Gasteiger partial charge in [0.2, 0.25) is 0 Å². The maximum Gasteiger partial charge on any atom is 0.264 e. The average Bonchev–Trinajstić information content (AvgIpc) is 3.60. The van der Waals surface area contributed by atoms with Gasteiger partial charge in [-0.3, -0.25) is 19.0 Å². The number of hydrogen-bond acceptors (Lipinski definition) is 5. The number of benzene rings is 1. The first-order chi connectivity index (χ1) is 16.1. The highest BCUT2D eigenvalue weighted by Gasteiger charge is 2.25. The van der Waals surface area contributed by atoms with Gasteiger partial charge >= 0.3 is 0 Å². The van der Waals surface area contributed by atoms with Crippen LogP contribution in [0.3, 0.4) is 0 Å². The van der Waals surface area contributed by atoms with Gasteiger partial charge in [-0.25, -0.2) is 4.98 Å². The highest BCUT2D eigenvalue weighted by atomic mass is 16.1.